The lowest BCUT2D eigenvalue weighted by Gasteiger charge is -1.90. The Morgan fingerprint density at radius 2 is 2.11 bits per heavy atom. The molecule has 0 aliphatic heterocycles. The van der Waals surface area contributed by atoms with Gasteiger partial charge in [-0.05, 0) is 12.1 Å². The molecule has 2 nitrogen and oxygen atoms in total. The monoisotopic (exact) mass is 154 g/mol. The molecule has 0 saturated carbocycles. The van der Waals surface area contributed by atoms with E-state index in [2.05, 4.69) is 12.2 Å². The molecule has 0 unspecified atom stereocenters. The Kier molecular flexibility index (Phi) is 3.55. The number of hydrogen-bond donors (Lipinski definition) is 1. The second kappa shape index (κ2) is 3.68. The average molecular weight is 154 g/mol. The summed E-state index contributed by atoms with van der Waals surface area (Å²) in [6, 6.07) is 5.13. The summed E-state index contributed by atoms with van der Waals surface area (Å²) >= 11 is 4.67. The summed E-state index contributed by atoms with van der Waals surface area (Å²) in [7, 11) is 0. The van der Waals surface area contributed by atoms with Crippen LogP contribution in [0.3, 0.4) is 0 Å². The highest BCUT2D eigenvalue weighted by Gasteiger charge is 1.77. The maximum atomic E-state index is 8.73. The Morgan fingerprint density at radius 3 is 2.44 bits per heavy atom. The van der Waals surface area contributed by atoms with Crippen molar-refractivity contribution in [2.24, 2.45) is 0 Å². The van der Waals surface area contributed by atoms with Crippen LogP contribution in [0.1, 0.15) is 0 Å². The van der Waals surface area contributed by atoms with Gasteiger partial charge in [-0.3, -0.25) is 0 Å². The molecule has 0 amide bonds. The first-order valence-corrected chi connectivity index (χ1v) is 2.58. The summed E-state index contributed by atoms with van der Waals surface area (Å²) in [5.41, 5.74) is 0. The van der Waals surface area contributed by atoms with Crippen molar-refractivity contribution in [1.82, 2.24) is 4.73 Å². The van der Waals surface area contributed by atoms with Gasteiger partial charge in [0.1, 0.15) is 4.64 Å². The molecular weight excluding hydrogens is 149 g/mol. The fourth-order valence-corrected chi connectivity index (χ4v) is 0.558. The molecule has 0 saturated heterocycles. The Labute approximate surface area is 68.8 Å². The van der Waals surface area contributed by atoms with Gasteiger partial charge in [-0.2, -0.15) is 4.73 Å². The van der Waals surface area contributed by atoms with E-state index < -0.39 is 0 Å². The van der Waals surface area contributed by atoms with E-state index in [0.29, 0.717) is 4.64 Å². The summed E-state index contributed by atoms with van der Waals surface area (Å²) in [5, 5.41) is 8.73. The smallest absolute Gasteiger partial charge is 0.142 e. The molecular formula is C5H5AlNOS. The van der Waals surface area contributed by atoms with Crippen LogP contribution < -0.4 is 0 Å². The van der Waals surface area contributed by atoms with E-state index in [4.69, 9.17) is 5.21 Å². The lowest BCUT2D eigenvalue weighted by molar-refractivity contribution is 0.180. The molecule has 0 atom stereocenters. The van der Waals surface area contributed by atoms with E-state index in [1.54, 1.807) is 18.2 Å². The summed E-state index contributed by atoms with van der Waals surface area (Å²) < 4.78 is 1.32. The fraction of sp³-hybridized carbons (Fsp3) is 0. The van der Waals surface area contributed by atoms with Crippen molar-refractivity contribution in [2.75, 3.05) is 0 Å². The normalized spacial score (nSPS) is 8.00. The van der Waals surface area contributed by atoms with E-state index in [9.17, 15) is 0 Å². The summed E-state index contributed by atoms with van der Waals surface area (Å²) in [6.07, 6.45) is 1.49. The molecule has 4 heteroatoms. The zero-order chi connectivity index (χ0) is 5.98. The van der Waals surface area contributed by atoms with Gasteiger partial charge in [-0.15, -0.1) is 0 Å². The lowest BCUT2D eigenvalue weighted by Crippen LogP contribution is -1.89. The predicted octanol–water partition coefficient (Wildman–Crippen LogP) is 1.07. The van der Waals surface area contributed by atoms with Crippen molar-refractivity contribution in [1.29, 1.82) is 0 Å². The highest BCUT2D eigenvalue weighted by atomic mass is 32.1. The van der Waals surface area contributed by atoms with Gasteiger partial charge in [0.2, 0.25) is 0 Å². The second-order valence-corrected chi connectivity index (χ2v) is 1.80. The van der Waals surface area contributed by atoms with E-state index in [1.807, 2.05) is 0 Å². The van der Waals surface area contributed by atoms with Crippen LogP contribution in [0.2, 0.25) is 0 Å². The van der Waals surface area contributed by atoms with Crippen LogP contribution in [-0.2, 0) is 0 Å². The van der Waals surface area contributed by atoms with Crippen molar-refractivity contribution >= 4 is 29.6 Å². The van der Waals surface area contributed by atoms with E-state index in [1.165, 1.54) is 6.20 Å². The molecule has 1 rings (SSSR count). The van der Waals surface area contributed by atoms with Crippen LogP contribution in [0.15, 0.2) is 24.4 Å². The van der Waals surface area contributed by atoms with Gasteiger partial charge in [0, 0.05) is 23.6 Å². The third-order valence-corrected chi connectivity index (χ3v) is 1.13. The van der Waals surface area contributed by atoms with Gasteiger partial charge < -0.3 is 5.21 Å². The quantitative estimate of drug-likeness (QED) is 0.343. The standard InChI is InChI=1S/C5H5NOS.Al/c7-6-4-2-1-3-5(6)8;/h1-4,7H;. The minimum absolute atomic E-state index is 0. The lowest BCUT2D eigenvalue weighted by atomic mass is 10.5. The van der Waals surface area contributed by atoms with Gasteiger partial charge in [0.05, 0.1) is 0 Å². The Hall–Kier alpha value is -0.298. The minimum atomic E-state index is 0. The maximum Gasteiger partial charge on any atom is 0.142 e. The number of pyridine rings is 1. The molecule has 1 aromatic heterocycles. The molecule has 1 heterocycles. The molecule has 0 bridgehead atoms. The van der Waals surface area contributed by atoms with Gasteiger partial charge in [-0.1, -0.05) is 18.3 Å². The van der Waals surface area contributed by atoms with Crippen molar-refractivity contribution in [3.63, 3.8) is 0 Å². The third kappa shape index (κ3) is 2.19. The van der Waals surface area contributed by atoms with Gasteiger partial charge in [-0.25, -0.2) is 0 Å². The Bertz CT molecular complexity index is 234. The molecule has 0 spiro atoms. The Morgan fingerprint density at radius 1 is 1.44 bits per heavy atom. The molecule has 0 aliphatic rings. The van der Waals surface area contributed by atoms with E-state index in [0.717, 1.165) is 4.73 Å². The molecule has 1 aromatic rings. The predicted molar refractivity (Wildman–Crippen MR) is 38.2 cm³/mol. The largest absolute Gasteiger partial charge is 0.428 e. The first-order valence-electron chi connectivity index (χ1n) is 2.17. The van der Waals surface area contributed by atoms with Crippen LogP contribution >= 0.6 is 12.2 Å². The minimum Gasteiger partial charge on any atom is -0.428 e. The van der Waals surface area contributed by atoms with Gasteiger partial charge in [0.25, 0.3) is 0 Å². The molecule has 1 N–H and O–H groups in total. The molecule has 0 aliphatic carbocycles. The summed E-state index contributed by atoms with van der Waals surface area (Å²) in [4.78, 5) is 0. The van der Waals surface area contributed by atoms with Crippen LogP contribution in [0.25, 0.3) is 0 Å². The van der Waals surface area contributed by atoms with Crippen molar-refractivity contribution < 1.29 is 5.21 Å². The van der Waals surface area contributed by atoms with Crippen LogP contribution in [0.4, 0.5) is 0 Å². The van der Waals surface area contributed by atoms with Crippen LogP contribution in [0, 0.1) is 4.64 Å². The zero-order valence-electron chi connectivity index (χ0n) is 4.69. The maximum absolute atomic E-state index is 8.73. The second-order valence-electron chi connectivity index (χ2n) is 1.38. The van der Waals surface area contributed by atoms with Crippen molar-refractivity contribution in [3.8, 4) is 0 Å². The highest BCUT2D eigenvalue weighted by Crippen LogP contribution is 1.86. The SMILES string of the molecule is On1ccccc1=S.[Al]. The number of nitrogens with zero attached hydrogens (tertiary/aromatic N) is 1. The number of rotatable bonds is 0. The highest BCUT2D eigenvalue weighted by molar-refractivity contribution is 7.71. The van der Waals surface area contributed by atoms with E-state index in [-0.39, 0.29) is 17.4 Å². The molecule has 0 fully saturated rings. The van der Waals surface area contributed by atoms with Gasteiger partial charge in [0.15, 0.2) is 0 Å². The first kappa shape index (κ1) is 8.70. The summed E-state index contributed by atoms with van der Waals surface area (Å²) in [5.74, 6) is 0. The third-order valence-electron chi connectivity index (χ3n) is 0.803. The number of hydrogen-bond acceptors (Lipinski definition) is 2. The van der Waals surface area contributed by atoms with E-state index >= 15 is 0 Å². The summed E-state index contributed by atoms with van der Waals surface area (Å²) in [6.45, 7) is 0. The van der Waals surface area contributed by atoms with Crippen molar-refractivity contribution in [2.45, 2.75) is 0 Å². The first-order chi connectivity index (χ1) is 3.80. The molecule has 0 aromatic carbocycles. The topological polar surface area (TPSA) is 25.2 Å². The number of aromatic nitrogens is 1. The van der Waals surface area contributed by atoms with Crippen LogP contribution in [-0.4, -0.2) is 27.3 Å². The molecule has 3 radical (unpaired) electrons. The zero-order valence-corrected chi connectivity index (χ0v) is 6.66. The fourth-order valence-electron chi connectivity index (χ4n) is 0.419. The van der Waals surface area contributed by atoms with Crippen molar-refractivity contribution in [3.05, 3.63) is 29.0 Å². The molecule has 9 heavy (non-hydrogen) atoms. The van der Waals surface area contributed by atoms with Gasteiger partial charge >= 0.3 is 0 Å². The molecule has 45 valence electrons. The Balaban J connectivity index is 0.000000640. The van der Waals surface area contributed by atoms with Crippen LogP contribution in [0.5, 0.6) is 0 Å². The average Bonchev–Trinajstić information content (AvgIpc) is 1.77.